The monoisotopic (exact) mass is 257 g/mol. The summed E-state index contributed by atoms with van der Waals surface area (Å²) in [6, 6.07) is 0. The highest BCUT2D eigenvalue weighted by Crippen LogP contribution is 2.33. The molecule has 8 heteroatoms. The van der Waals surface area contributed by atoms with Crippen molar-refractivity contribution in [3.05, 3.63) is 42.1 Å². The molecule has 0 aliphatic rings. The standard InChI is InChI=1S/C10H6F3N3O2/c11-10(12,13)7-5-16(4-6(7)9(17)18)8-3-14-1-2-15-8/h1-5H,(H,17,18). The fraction of sp³-hybridized carbons (Fsp3) is 0.100. The Hall–Kier alpha value is -2.38. The summed E-state index contributed by atoms with van der Waals surface area (Å²) in [5.74, 6) is -1.54. The van der Waals surface area contributed by atoms with Crippen LogP contribution in [0.15, 0.2) is 31.0 Å². The van der Waals surface area contributed by atoms with Crippen LogP contribution in [0.5, 0.6) is 0 Å². The molecule has 0 radical (unpaired) electrons. The summed E-state index contributed by atoms with van der Waals surface area (Å²) in [7, 11) is 0. The molecule has 0 saturated heterocycles. The number of rotatable bonds is 2. The lowest BCUT2D eigenvalue weighted by Gasteiger charge is -2.04. The summed E-state index contributed by atoms with van der Waals surface area (Å²) in [6.45, 7) is 0. The van der Waals surface area contributed by atoms with Crippen LogP contribution in [-0.2, 0) is 6.18 Å². The molecule has 0 unspecified atom stereocenters. The molecule has 0 bridgehead atoms. The Balaban J connectivity index is 2.57. The molecule has 0 aromatic carbocycles. The third-order valence-electron chi connectivity index (χ3n) is 2.18. The maximum absolute atomic E-state index is 12.6. The molecule has 0 amide bonds. The second-order valence-corrected chi connectivity index (χ2v) is 3.36. The first-order valence-electron chi connectivity index (χ1n) is 4.68. The minimum atomic E-state index is -4.73. The molecule has 94 valence electrons. The van der Waals surface area contributed by atoms with Gasteiger partial charge in [-0.3, -0.25) is 4.98 Å². The molecule has 2 rings (SSSR count). The molecule has 0 aliphatic carbocycles. The van der Waals surface area contributed by atoms with Crippen molar-refractivity contribution in [2.75, 3.05) is 0 Å². The zero-order valence-electron chi connectivity index (χ0n) is 8.72. The summed E-state index contributed by atoms with van der Waals surface area (Å²) in [5, 5.41) is 8.74. The zero-order valence-corrected chi connectivity index (χ0v) is 8.72. The lowest BCUT2D eigenvalue weighted by molar-refractivity contribution is -0.138. The first kappa shape index (κ1) is 12.1. The highest BCUT2D eigenvalue weighted by atomic mass is 19.4. The van der Waals surface area contributed by atoms with Crippen LogP contribution in [0, 0.1) is 0 Å². The van der Waals surface area contributed by atoms with E-state index in [2.05, 4.69) is 9.97 Å². The van der Waals surface area contributed by atoms with Gasteiger partial charge in [0.15, 0.2) is 5.82 Å². The van der Waals surface area contributed by atoms with E-state index >= 15 is 0 Å². The third-order valence-corrected chi connectivity index (χ3v) is 2.18. The number of alkyl halides is 3. The van der Waals surface area contributed by atoms with Gasteiger partial charge in [-0.2, -0.15) is 13.2 Å². The fourth-order valence-corrected chi connectivity index (χ4v) is 1.41. The van der Waals surface area contributed by atoms with Crippen LogP contribution in [0.4, 0.5) is 13.2 Å². The van der Waals surface area contributed by atoms with E-state index in [1.54, 1.807) is 0 Å². The van der Waals surface area contributed by atoms with Gasteiger partial charge in [0.2, 0.25) is 0 Å². The summed E-state index contributed by atoms with van der Waals surface area (Å²) < 4.78 is 38.8. The smallest absolute Gasteiger partial charge is 0.418 e. The predicted molar refractivity (Wildman–Crippen MR) is 53.3 cm³/mol. The lowest BCUT2D eigenvalue weighted by Crippen LogP contribution is -2.09. The van der Waals surface area contributed by atoms with E-state index in [1.165, 1.54) is 18.6 Å². The minimum absolute atomic E-state index is 0.107. The topological polar surface area (TPSA) is 68.0 Å². The number of halogens is 3. The first-order chi connectivity index (χ1) is 8.39. The fourth-order valence-electron chi connectivity index (χ4n) is 1.41. The number of carboxylic acid groups (broad SMARTS) is 1. The van der Waals surface area contributed by atoms with Gasteiger partial charge in [-0.25, -0.2) is 9.78 Å². The van der Waals surface area contributed by atoms with Crippen molar-refractivity contribution in [2.24, 2.45) is 0 Å². The molecule has 5 nitrogen and oxygen atoms in total. The van der Waals surface area contributed by atoms with Crippen molar-refractivity contribution >= 4 is 5.97 Å². The molecule has 0 atom stereocenters. The molecule has 2 aromatic rings. The van der Waals surface area contributed by atoms with Crippen molar-refractivity contribution in [3.63, 3.8) is 0 Å². The Bertz CT molecular complexity index is 578. The highest BCUT2D eigenvalue weighted by Gasteiger charge is 2.37. The SMILES string of the molecule is O=C(O)c1cn(-c2cnccn2)cc1C(F)(F)F. The Morgan fingerprint density at radius 2 is 2.00 bits per heavy atom. The van der Waals surface area contributed by atoms with E-state index in [0.29, 0.717) is 6.20 Å². The summed E-state index contributed by atoms with van der Waals surface area (Å²) in [6.07, 6.45) is 0.675. The number of nitrogens with zero attached hydrogens (tertiary/aromatic N) is 3. The van der Waals surface area contributed by atoms with Gasteiger partial charge in [-0.05, 0) is 0 Å². The second kappa shape index (κ2) is 4.13. The average molecular weight is 257 g/mol. The number of hydrogen-bond donors (Lipinski definition) is 1. The van der Waals surface area contributed by atoms with Crippen molar-refractivity contribution in [1.82, 2.24) is 14.5 Å². The quantitative estimate of drug-likeness (QED) is 0.893. The van der Waals surface area contributed by atoms with Gasteiger partial charge >= 0.3 is 12.1 Å². The summed E-state index contributed by atoms with van der Waals surface area (Å²) in [5.41, 5.74) is -2.05. The van der Waals surface area contributed by atoms with Crippen LogP contribution in [0.3, 0.4) is 0 Å². The van der Waals surface area contributed by atoms with Gasteiger partial charge in [0.1, 0.15) is 0 Å². The van der Waals surface area contributed by atoms with E-state index < -0.39 is 23.3 Å². The molecule has 1 N–H and O–H groups in total. The third kappa shape index (κ3) is 2.17. The highest BCUT2D eigenvalue weighted by molar-refractivity contribution is 5.89. The van der Waals surface area contributed by atoms with Crippen molar-refractivity contribution in [2.45, 2.75) is 6.18 Å². The number of aromatic carboxylic acids is 1. The van der Waals surface area contributed by atoms with E-state index in [1.807, 2.05) is 0 Å². The first-order valence-corrected chi connectivity index (χ1v) is 4.68. The Morgan fingerprint density at radius 3 is 2.44 bits per heavy atom. The van der Waals surface area contributed by atoms with E-state index in [4.69, 9.17) is 5.11 Å². The number of aromatic nitrogens is 3. The van der Waals surface area contributed by atoms with E-state index in [0.717, 1.165) is 10.8 Å². The molecule has 0 saturated carbocycles. The molecule has 0 aliphatic heterocycles. The van der Waals surface area contributed by atoms with Gasteiger partial charge in [-0.15, -0.1) is 0 Å². The van der Waals surface area contributed by atoms with Gasteiger partial charge in [0, 0.05) is 24.8 Å². The molecule has 0 spiro atoms. The maximum atomic E-state index is 12.6. The molecular weight excluding hydrogens is 251 g/mol. The lowest BCUT2D eigenvalue weighted by atomic mass is 10.2. The predicted octanol–water partition coefficient (Wildman–Crippen LogP) is 1.98. The number of hydrogen-bond acceptors (Lipinski definition) is 3. The zero-order chi connectivity index (χ0) is 13.3. The summed E-state index contributed by atoms with van der Waals surface area (Å²) in [4.78, 5) is 18.2. The van der Waals surface area contributed by atoms with Gasteiger partial charge in [0.25, 0.3) is 0 Å². The second-order valence-electron chi connectivity index (χ2n) is 3.36. The van der Waals surface area contributed by atoms with Crippen LogP contribution in [-0.4, -0.2) is 25.6 Å². The molecule has 2 heterocycles. The van der Waals surface area contributed by atoms with E-state index in [9.17, 15) is 18.0 Å². The Labute approximate surface area is 98.5 Å². The number of carboxylic acids is 1. The Kier molecular flexibility index (Phi) is 2.77. The van der Waals surface area contributed by atoms with Crippen LogP contribution in [0.25, 0.3) is 5.82 Å². The number of carbonyl (C=O) groups is 1. The van der Waals surface area contributed by atoms with Gasteiger partial charge < -0.3 is 9.67 Å². The van der Waals surface area contributed by atoms with Crippen LogP contribution >= 0.6 is 0 Å². The van der Waals surface area contributed by atoms with E-state index in [-0.39, 0.29) is 5.82 Å². The van der Waals surface area contributed by atoms with Gasteiger partial charge in [-0.1, -0.05) is 0 Å². The summed E-state index contributed by atoms with van der Waals surface area (Å²) >= 11 is 0. The minimum Gasteiger partial charge on any atom is -0.478 e. The van der Waals surface area contributed by atoms with Crippen LogP contribution < -0.4 is 0 Å². The van der Waals surface area contributed by atoms with Crippen molar-refractivity contribution < 1.29 is 23.1 Å². The molecule has 18 heavy (non-hydrogen) atoms. The molecule has 2 aromatic heterocycles. The Morgan fingerprint density at radius 1 is 1.28 bits per heavy atom. The molecular formula is C10H6F3N3O2. The average Bonchev–Trinajstić information content (AvgIpc) is 2.74. The van der Waals surface area contributed by atoms with Crippen LogP contribution in [0.2, 0.25) is 0 Å². The molecule has 0 fully saturated rings. The maximum Gasteiger partial charge on any atom is 0.418 e. The largest absolute Gasteiger partial charge is 0.478 e. The normalized spacial score (nSPS) is 11.5. The van der Waals surface area contributed by atoms with Crippen molar-refractivity contribution in [1.29, 1.82) is 0 Å². The van der Waals surface area contributed by atoms with Crippen molar-refractivity contribution in [3.8, 4) is 5.82 Å². The van der Waals surface area contributed by atoms with Gasteiger partial charge in [0.05, 0.1) is 17.3 Å². The van der Waals surface area contributed by atoms with Crippen LogP contribution in [0.1, 0.15) is 15.9 Å².